The third-order valence-electron chi connectivity index (χ3n) is 2.39. The van der Waals surface area contributed by atoms with Crippen LogP contribution < -0.4 is 5.32 Å². The van der Waals surface area contributed by atoms with Gasteiger partial charge in [0.1, 0.15) is 10.3 Å². The third kappa shape index (κ3) is 3.74. The first-order valence-corrected chi connectivity index (χ1v) is 6.94. The molecule has 0 fully saturated rings. The zero-order valence-electron chi connectivity index (χ0n) is 9.64. The van der Waals surface area contributed by atoms with E-state index in [-0.39, 0.29) is 5.69 Å². The number of halogens is 2. The Kier molecular flexibility index (Phi) is 4.49. The number of nitrogens with zero attached hydrogens (tertiary/aromatic N) is 2. The van der Waals surface area contributed by atoms with Gasteiger partial charge in [-0.2, -0.15) is 0 Å². The Balaban J connectivity index is 2.17. The van der Waals surface area contributed by atoms with Crippen molar-refractivity contribution in [1.82, 2.24) is 4.98 Å². The van der Waals surface area contributed by atoms with Gasteiger partial charge in [0.05, 0.1) is 17.2 Å². The average molecular weight is 387 g/mol. The summed E-state index contributed by atoms with van der Waals surface area (Å²) in [7, 11) is 0. The van der Waals surface area contributed by atoms with Crippen LogP contribution in [0.25, 0.3) is 0 Å². The van der Waals surface area contributed by atoms with Crippen LogP contribution in [0.3, 0.4) is 0 Å². The molecule has 0 saturated heterocycles. The summed E-state index contributed by atoms with van der Waals surface area (Å²) in [5, 5.41) is 14.0. The molecule has 1 aromatic carbocycles. The summed E-state index contributed by atoms with van der Waals surface area (Å²) in [6, 6.07) is 10.4. The van der Waals surface area contributed by atoms with E-state index >= 15 is 0 Å². The highest BCUT2D eigenvalue weighted by Gasteiger charge is 2.13. The predicted octanol–water partition coefficient (Wildman–Crippen LogP) is 4.13. The Morgan fingerprint density at radius 2 is 2.05 bits per heavy atom. The molecule has 0 atom stereocenters. The first-order valence-electron chi connectivity index (χ1n) is 5.35. The van der Waals surface area contributed by atoms with Gasteiger partial charge < -0.3 is 5.32 Å². The Morgan fingerprint density at radius 1 is 1.26 bits per heavy atom. The van der Waals surface area contributed by atoms with Crippen molar-refractivity contribution in [3.8, 4) is 0 Å². The summed E-state index contributed by atoms with van der Waals surface area (Å²) in [5.41, 5.74) is 1.30. The van der Waals surface area contributed by atoms with Crippen molar-refractivity contribution >= 4 is 43.2 Å². The second kappa shape index (κ2) is 6.12. The largest absolute Gasteiger partial charge is 0.374 e. The molecule has 1 N–H and O–H groups in total. The molecule has 19 heavy (non-hydrogen) atoms. The Labute approximate surface area is 126 Å². The van der Waals surface area contributed by atoms with Crippen molar-refractivity contribution in [2.75, 3.05) is 5.32 Å². The van der Waals surface area contributed by atoms with Gasteiger partial charge in [0.2, 0.25) is 0 Å². The molecule has 0 spiro atoms. The lowest BCUT2D eigenvalue weighted by Gasteiger charge is -2.07. The van der Waals surface area contributed by atoms with Crippen molar-refractivity contribution in [3.63, 3.8) is 0 Å². The highest BCUT2D eigenvalue weighted by Crippen LogP contribution is 2.28. The van der Waals surface area contributed by atoms with Gasteiger partial charge in [-0.15, -0.1) is 0 Å². The molecule has 5 nitrogen and oxygen atoms in total. The molecule has 1 aromatic heterocycles. The lowest BCUT2D eigenvalue weighted by atomic mass is 10.2. The maximum absolute atomic E-state index is 11.0. The van der Waals surface area contributed by atoms with Gasteiger partial charge in [-0.25, -0.2) is 4.98 Å². The minimum atomic E-state index is -0.415. The first kappa shape index (κ1) is 14.0. The lowest BCUT2D eigenvalue weighted by Crippen LogP contribution is -2.04. The number of nitro groups is 1. The fourth-order valence-corrected chi connectivity index (χ4v) is 2.27. The minimum absolute atomic E-state index is 0.0318. The third-order valence-corrected chi connectivity index (χ3v) is 3.32. The SMILES string of the molecule is O=[N+]([O-])c1cc(Br)ccc1NCc1cccc(Br)n1. The van der Waals surface area contributed by atoms with Gasteiger partial charge in [0.15, 0.2) is 0 Å². The van der Waals surface area contributed by atoms with Crippen LogP contribution in [0.15, 0.2) is 45.5 Å². The van der Waals surface area contributed by atoms with E-state index < -0.39 is 4.92 Å². The van der Waals surface area contributed by atoms with Gasteiger partial charge >= 0.3 is 0 Å². The number of rotatable bonds is 4. The standard InChI is InChI=1S/C12H9Br2N3O2/c13-8-4-5-10(11(6-8)17(18)19)15-7-9-2-1-3-12(14)16-9/h1-6,15H,7H2. The van der Waals surface area contributed by atoms with Crippen LogP contribution >= 0.6 is 31.9 Å². The highest BCUT2D eigenvalue weighted by atomic mass is 79.9. The maximum Gasteiger partial charge on any atom is 0.293 e. The smallest absolute Gasteiger partial charge is 0.293 e. The Morgan fingerprint density at radius 3 is 2.74 bits per heavy atom. The number of anilines is 1. The predicted molar refractivity (Wildman–Crippen MR) is 80.1 cm³/mol. The summed E-state index contributed by atoms with van der Waals surface area (Å²) in [4.78, 5) is 14.8. The zero-order chi connectivity index (χ0) is 13.8. The Hall–Kier alpha value is -1.47. The molecule has 1 heterocycles. The number of benzene rings is 1. The number of nitrogens with one attached hydrogen (secondary N) is 1. The van der Waals surface area contributed by atoms with Gasteiger partial charge in [-0.05, 0) is 40.2 Å². The number of pyridine rings is 1. The second-order valence-corrected chi connectivity index (χ2v) is 5.45. The van der Waals surface area contributed by atoms with E-state index in [1.54, 1.807) is 12.1 Å². The molecule has 0 amide bonds. The van der Waals surface area contributed by atoms with E-state index in [2.05, 4.69) is 42.2 Å². The number of aromatic nitrogens is 1. The quantitative estimate of drug-likeness (QED) is 0.487. The normalized spacial score (nSPS) is 10.2. The fraction of sp³-hybridized carbons (Fsp3) is 0.0833. The van der Waals surface area contributed by atoms with Crippen LogP contribution in [-0.4, -0.2) is 9.91 Å². The topological polar surface area (TPSA) is 68.1 Å². The second-order valence-electron chi connectivity index (χ2n) is 3.72. The summed E-state index contributed by atoms with van der Waals surface area (Å²) in [5.74, 6) is 0. The summed E-state index contributed by atoms with van der Waals surface area (Å²) < 4.78 is 1.41. The van der Waals surface area contributed by atoms with Gasteiger partial charge in [0.25, 0.3) is 5.69 Å². The zero-order valence-corrected chi connectivity index (χ0v) is 12.8. The lowest BCUT2D eigenvalue weighted by molar-refractivity contribution is -0.384. The van der Waals surface area contributed by atoms with Gasteiger partial charge in [-0.3, -0.25) is 10.1 Å². The molecule has 0 bridgehead atoms. The molecule has 0 unspecified atom stereocenters. The van der Waals surface area contributed by atoms with Crippen LogP contribution in [0, 0.1) is 10.1 Å². The summed E-state index contributed by atoms with van der Waals surface area (Å²) >= 11 is 6.50. The number of nitro benzene ring substituents is 1. The van der Waals surface area contributed by atoms with Crippen LogP contribution in [0.2, 0.25) is 0 Å². The van der Waals surface area contributed by atoms with E-state index in [9.17, 15) is 10.1 Å². The van der Waals surface area contributed by atoms with Crippen LogP contribution in [0.5, 0.6) is 0 Å². The molecule has 98 valence electrons. The van der Waals surface area contributed by atoms with E-state index in [1.807, 2.05) is 18.2 Å². The fourth-order valence-electron chi connectivity index (χ4n) is 1.54. The minimum Gasteiger partial charge on any atom is -0.374 e. The maximum atomic E-state index is 11.0. The van der Waals surface area contributed by atoms with Crippen molar-refractivity contribution in [3.05, 3.63) is 61.3 Å². The van der Waals surface area contributed by atoms with Crippen molar-refractivity contribution < 1.29 is 4.92 Å². The molecule has 0 radical (unpaired) electrons. The average Bonchev–Trinajstić information content (AvgIpc) is 2.37. The molecule has 2 aromatic rings. The van der Waals surface area contributed by atoms with Crippen molar-refractivity contribution in [2.45, 2.75) is 6.54 Å². The summed E-state index contributed by atoms with van der Waals surface area (Å²) in [6.07, 6.45) is 0. The molecule has 7 heteroatoms. The van der Waals surface area contributed by atoms with E-state index in [4.69, 9.17) is 0 Å². The van der Waals surface area contributed by atoms with Crippen molar-refractivity contribution in [1.29, 1.82) is 0 Å². The van der Waals surface area contributed by atoms with E-state index in [1.165, 1.54) is 6.07 Å². The first-order chi connectivity index (χ1) is 9.06. The highest BCUT2D eigenvalue weighted by molar-refractivity contribution is 9.10. The van der Waals surface area contributed by atoms with Gasteiger partial charge in [0, 0.05) is 10.5 Å². The molecule has 2 rings (SSSR count). The van der Waals surface area contributed by atoms with Crippen LogP contribution in [-0.2, 0) is 6.54 Å². The summed E-state index contributed by atoms with van der Waals surface area (Å²) in [6.45, 7) is 0.419. The molecular weight excluding hydrogens is 378 g/mol. The Bertz CT molecular complexity index is 620. The molecule has 0 aliphatic heterocycles. The molecule has 0 saturated carbocycles. The van der Waals surface area contributed by atoms with Crippen molar-refractivity contribution in [2.24, 2.45) is 0 Å². The van der Waals surface area contributed by atoms with E-state index in [0.717, 1.165) is 10.3 Å². The molecule has 0 aliphatic carbocycles. The molecule has 0 aliphatic rings. The monoisotopic (exact) mass is 385 g/mol. The van der Waals surface area contributed by atoms with Gasteiger partial charge in [-0.1, -0.05) is 22.0 Å². The van der Waals surface area contributed by atoms with E-state index in [0.29, 0.717) is 16.7 Å². The van der Waals surface area contributed by atoms with Crippen LogP contribution in [0.1, 0.15) is 5.69 Å². The number of hydrogen-bond acceptors (Lipinski definition) is 4. The number of hydrogen-bond donors (Lipinski definition) is 1. The van der Waals surface area contributed by atoms with Crippen LogP contribution in [0.4, 0.5) is 11.4 Å². The molecular formula is C12H9Br2N3O2.